The second kappa shape index (κ2) is 12.7. The van der Waals surface area contributed by atoms with Crippen molar-refractivity contribution in [2.45, 2.75) is 32.8 Å². The van der Waals surface area contributed by atoms with Crippen LogP contribution in [0.15, 0.2) is 91.1 Å². The monoisotopic (exact) mass is 585 g/mol. The topological polar surface area (TPSA) is 123 Å². The van der Waals surface area contributed by atoms with Crippen molar-refractivity contribution in [2.24, 2.45) is 0 Å². The Bertz CT molecular complexity index is 1920. The summed E-state index contributed by atoms with van der Waals surface area (Å²) in [5.41, 5.74) is 6.64. The maximum Gasteiger partial charge on any atom is 0.414 e. The number of hydrogen-bond acceptors (Lipinski definition) is 5. The second-order valence-electron chi connectivity index (χ2n) is 10.6. The first-order valence-electron chi connectivity index (χ1n) is 14.2. The van der Waals surface area contributed by atoms with Crippen LogP contribution in [-0.4, -0.2) is 40.0 Å². The third-order valence-corrected chi connectivity index (χ3v) is 7.79. The minimum absolute atomic E-state index is 0.0967. The number of nitriles is 1. The number of carboxylic acid groups (broad SMARTS) is 1. The summed E-state index contributed by atoms with van der Waals surface area (Å²) >= 11 is 0. The van der Waals surface area contributed by atoms with Crippen LogP contribution in [0, 0.1) is 18.3 Å². The summed E-state index contributed by atoms with van der Waals surface area (Å²) in [7, 11) is 1.20. The molecular weight excluding hydrogens is 554 g/mol. The number of nitrogens with zero attached hydrogens (tertiary/aromatic N) is 2. The molecule has 0 saturated heterocycles. The average Bonchev–Trinajstić information content (AvgIpc) is 3.46. The maximum atomic E-state index is 13.6. The molecule has 5 rings (SSSR count). The molecule has 8 heteroatoms. The molecule has 1 unspecified atom stereocenters. The van der Waals surface area contributed by atoms with Crippen LogP contribution in [0.3, 0.4) is 0 Å². The number of fused-ring (bicyclic) bond motifs is 1. The summed E-state index contributed by atoms with van der Waals surface area (Å²) in [4.78, 5) is 42.2. The highest BCUT2D eigenvalue weighted by Gasteiger charge is 2.26. The minimum atomic E-state index is -1.37. The number of carbonyl (C=O) groups excluding carboxylic acids is 2. The quantitative estimate of drug-likeness (QED) is 0.180. The molecule has 44 heavy (non-hydrogen) atoms. The summed E-state index contributed by atoms with van der Waals surface area (Å²) in [5.74, 6) is -1.36. The van der Waals surface area contributed by atoms with E-state index in [1.807, 2.05) is 67.7 Å². The number of aryl methyl sites for hydroxylation is 1. The Kier molecular flexibility index (Phi) is 8.59. The van der Waals surface area contributed by atoms with E-state index in [9.17, 15) is 24.8 Å². The Balaban J connectivity index is 1.67. The normalized spacial score (nSPS) is 11.5. The smallest absolute Gasteiger partial charge is 0.414 e. The molecule has 2 amide bonds. The van der Waals surface area contributed by atoms with Crippen molar-refractivity contribution in [3.05, 3.63) is 130 Å². The van der Waals surface area contributed by atoms with Crippen molar-refractivity contribution in [1.82, 2.24) is 9.88 Å². The first kappa shape index (κ1) is 29.8. The SMILES string of the molecule is CCC(c1ccc(C(=O)N(C)C(=O)O)cc1-c1ccc(C)cc1C(=O)OCc1ccccc1)c1c[nH]c2cc(C#N)ccc12. The minimum Gasteiger partial charge on any atom is -0.465 e. The van der Waals surface area contributed by atoms with Crippen molar-refractivity contribution < 1.29 is 24.2 Å². The van der Waals surface area contributed by atoms with E-state index in [0.29, 0.717) is 33.6 Å². The largest absolute Gasteiger partial charge is 0.465 e. The first-order valence-corrected chi connectivity index (χ1v) is 14.2. The molecule has 1 aromatic heterocycles. The molecule has 0 bridgehead atoms. The molecule has 0 spiro atoms. The van der Waals surface area contributed by atoms with E-state index in [-0.39, 0.29) is 18.1 Å². The van der Waals surface area contributed by atoms with E-state index >= 15 is 0 Å². The fourth-order valence-corrected chi connectivity index (χ4v) is 5.48. The molecule has 0 radical (unpaired) electrons. The standard InChI is InChI=1S/C36H31N3O5/c1-4-26(32-20-38-33-17-24(19-37)11-14-29(32)33)27-15-12-25(34(40)39(3)36(42)43)18-30(27)28-13-10-22(2)16-31(28)35(41)44-21-23-8-6-5-7-9-23/h5-18,20,26,38H,4,21H2,1-3H3,(H,42,43). The van der Waals surface area contributed by atoms with E-state index in [2.05, 4.69) is 18.0 Å². The molecule has 0 fully saturated rings. The lowest BCUT2D eigenvalue weighted by Crippen LogP contribution is -2.31. The predicted octanol–water partition coefficient (Wildman–Crippen LogP) is 7.66. The number of hydrogen-bond donors (Lipinski definition) is 2. The van der Waals surface area contributed by atoms with Gasteiger partial charge in [0.05, 0.1) is 17.2 Å². The highest BCUT2D eigenvalue weighted by Crippen LogP contribution is 2.40. The van der Waals surface area contributed by atoms with Gasteiger partial charge >= 0.3 is 12.1 Å². The van der Waals surface area contributed by atoms with Crippen LogP contribution in [0.1, 0.15) is 67.8 Å². The number of aromatic nitrogens is 1. The van der Waals surface area contributed by atoms with Gasteiger partial charge in [0, 0.05) is 35.6 Å². The average molecular weight is 586 g/mol. The van der Waals surface area contributed by atoms with E-state index in [4.69, 9.17) is 4.74 Å². The van der Waals surface area contributed by atoms with Gasteiger partial charge in [0.2, 0.25) is 0 Å². The van der Waals surface area contributed by atoms with Gasteiger partial charge in [0.25, 0.3) is 5.91 Å². The lowest BCUT2D eigenvalue weighted by molar-refractivity contribution is 0.0473. The van der Waals surface area contributed by atoms with Crippen LogP contribution < -0.4 is 0 Å². The maximum absolute atomic E-state index is 13.6. The van der Waals surface area contributed by atoms with Gasteiger partial charge in [-0.25, -0.2) is 14.5 Å². The molecule has 2 N–H and O–H groups in total. The number of ether oxygens (including phenoxy) is 1. The zero-order valence-electron chi connectivity index (χ0n) is 24.6. The molecule has 0 aliphatic carbocycles. The third-order valence-electron chi connectivity index (χ3n) is 7.79. The number of H-pyrrole nitrogens is 1. The number of benzene rings is 4. The molecular formula is C36H31N3O5. The van der Waals surface area contributed by atoms with Crippen LogP contribution in [0.25, 0.3) is 22.0 Å². The third kappa shape index (κ3) is 5.94. The number of nitrogens with one attached hydrogen (secondary N) is 1. The first-order chi connectivity index (χ1) is 21.2. The van der Waals surface area contributed by atoms with E-state index in [1.165, 1.54) is 7.05 Å². The van der Waals surface area contributed by atoms with E-state index in [0.717, 1.165) is 33.2 Å². The molecule has 1 atom stereocenters. The van der Waals surface area contributed by atoms with Crippen molar-refractivity contribution >= 4 is 28.9 Å². The Morgan fingerprint density at radius 2 is 1.73 bits per heavy atom. The highest BCUT2D eigenvalue weighted by atomic mass is 16.5. The Morgan fingerprint density at radius 1 is 0.955 bits per heavy atom. The Labute approximate surface area is 255 Å². The van der Waals surface area contributed by atoms with Gasteiger partial charge in [-0.1, -0.05) is 67.1 Å². The molecule has 0 aliphatic heterocycles. The van der Waals surface area contributed by atoms with Crippen LogP contribution in [0.2, 0.25) is 0 Å². The van der Waals surface area contributed by atoms with E-state index < -0.39 is 18.0 Å². The number of rotatable bonds is 8. The molecule has 4 aromatic carbocycles. The van der Waals surface area contributed by atoms with Crippen LogP contribution >= 0.6 is 0 Å². The predicted molar refractivity (Wildman–Crippen MR) is 167 cm³/mol. The van der Waals surface area contributed by atoms with Gasteiger partial charge in [-0.3, -0.25) is 4.79 Å². The lowest BCUT2D eigenvalue weighted by atomic mass is 9.82. The molecule has 5 aromatic rings. The van der Waals surface area contributed by atoms with E-state index in [1.54, 1.807) is 30.3 Å². The fourth-order valence-electron chi connectivity index (χ4n) is 5.48. The number of amides is 2. The van der Waals surface area contributed by atoms with Gasteiger partial charge in [-0.2, -0.15) is 5.26 Å². The van der Waals surface area contributed by atoms with Crippen molar-refractivity contribution in [1.29, 1.82) is 5.26 Å². The number of carbonyl (C=O) groups is 3. The van der Waals surface area contributed by atoms with Gasteiger partial charge in [0.15, 0.2) is 0 Å². The summed E-state index contributed by atoms with van der Waals surface area (Å²) in [6, 6.07) is 27.7. The summed E-state index contributed by atoms with van der Waals surface area (Å²) < 4.78 is 5.73. The lowest BCUT2D eigenvalue weighted by Gasteiger charge is -2.22. The number of aromatic amines is 1. The Hall–Kier alpha value is -5.68. The van der Waals surface area contributed by atoms with Crippen LogP contribution in [0.4, 0.5) is 4.79 Å². The molecule has 1 heterocycles. The number of esters is 1. The summed E-state index contributed by atoms with van der Waals surface area (Å²) in [5, 5.41) is 19.8. The van der Waals surface area contributed by atoms with Crippen LogP contribution in [0.5, 0.6) is 0 Å². The van der Waals surface area contributed by atoms with Gasteiger partial charge in [-0.05, 0) is 71.5 Å². The molecule has 220 valence electrons. The molecule has 0 saturated carbocycles. The highest BCUT2D eigenvalue weighted by molar-refractivity contribution is 6.04. The molecule has 0 aliphatic rings. The summed E-state index contributed by atoms with van der Waals surface area (Å²) in [6.07, 6.45) is 1.23. The van der Waals surface area contributed by atoms with Gasteiger partial charge < -0.3 is 14.8 Å². The van der Waals surface area contributed by atoms with Gasteiger partial charge in [-0.15, -0.1) is 0 Å². The Morgan fingerprint density at radius 3 is 2.43 bits per heavy atom. The number of imide groups is 1. The second-order valence-corrected chi connectivity index (χ2v) is 10.6. The summed E-state index contributed by atoms with van der Waals surface area (Å²) in [6.45, 7) is 4.04. The van der Waals surface area contributed by atoms with Crippen molar-refractivity contribution in [3.63, 3.8) is 0 Å². The zero-order chi connectivity index (χ0) is 31.4. The van der Waals surface area contributed by atoms with Gasteiger partial charge in [0.1, 0.15) is 6.61 Å². The van der Waals surface area contributed by atoms with Crippen molar-refractivity contribution in [2.75, 3.05) is 7.05 Å². The van der Waals surface area contributed by atoms with Crippen molar-refractivity contribution in [3.8, 4) is 17.2 Å². The molecule has 8 nitrogen and oxygen atoms in total. The fraction of sp³-hybridized carbons (Fsp3) is 0.167. The zero-order valence-corrected chi connectivity index (χ0v) is 24.6. The van der Waals surface area contributed by atoms with Crippen LogP contribution in [-0.2, 0) is 11.3 Å².